The van der Waals surface area contributed by atoms with Gasteiger partial charge in [0.2, 0.25) is 0 Å². The summed E-state index contributed by atoms with van der Waals surface area (Å²) in [5.41, 5.74) is 1.03. The fraction of sp³-hybridized carbons (Fsp3) is 0.455. The zero-order valence-electron chi connectivity index (χ0n) is 8.78. The van der Waals surface area contributed by atoms with Crippen LogP contribution in [0, 0.1) is 5.41 Å². The van der Waals surface area contributed by atoms with Crippen molar-refractivity contribution < 1.29 is 8.42 Å². The van der Waals surface area contributed by atoms with Crippen LogP contribution in [0.5, 0.6) is 0 Å². The Morgan fingerprint density at radius 1 is 1.14 bits per heavy atom. The molecular formula is C11H16O2S. The molecule has 0 aliphatic rings. The molecule has 0 bridgehead atoms. The van der Waals surface area contributed by atoms with Gasteiger partial charge in [-0.3, -0.25) is 0 Å². The lowest BCUT2D eigenvalue weighted by Gasteiger charge is -2.18. The van der Waals surface area contributed by atoms with E-state index in [0.29, 0.717) is 4.90 Å². The number of rotatable bonds is 2. The summed E-state index contributed by atoms with van der Waals surface area (Å²) in [4.78, 5) is 0.456. The molecule has 14 heavy (non-hydrogen) atoms. The van der Waals surface area contributed by atoms with Crippen LogP contribution in [0.3, 0.4) is 0 Å². The van der Waals surface area contributed by atoms with Gasteiger partial charge in [0.15, 0.2) is 10.7 Å². The van der Waals surface area contributed by atoms with E-state index in [1.54, 1.807) is 12.1 Å². The van der Waals surface area contributed by atoms with E-state index < -0.39 is 10.7 Å². The first-order valence-corrected chi connectivity index (χ1v) is 5.80. The van der Waals surface area contributed by atoms with Crippen LogP contribution in [-0.2, 0) is 17.1 Å². The highest BCUT2D eigenvalue weighted by atomic mass is 32.2. The van der Waals surface area contributed by atoms with Crippen LogP contribution in [0.15, 0.2) is 29.2 Å². The van der Waals surface area contributed by atoms with Crippen LogP contribution in [0.4, 0.5) is 0 Å². The van der Waals surface area contributed by atoms with E-state index in [4.69, 9.17) is 0 Å². The molecule has 2 nitrogen and oxygen atoms in total. The van der Waals surface area contributed by atoms with E-state index in [9.17, 15) is 8.42 Å². The third-order valence-electron chi connectivity index (χ3n) is 1.91. The minimum atomic E-state index is -2.47. The molecule has 78 valence electrons. The van der Waals surface area contributed by atoms with Gasteiger partial charge in [0.1, 0.15) is 0 Å². The first-order valence-electron chi connectivity index (χ1n) is 4.62. The Bertz CT molecular complexity index is 379. The highest BCUT2D eigenvalue weighted by molar-refractivity contribution is 7.72. The van der Waals surface area contributed by atoms with Crippen LogP contribution in [0.1, 0.15) is 26.3 Å². The predicted octanol–water partition coefficient (Wildman–Crippen LogP) is 2.25. The molecular weight excluding hydrogens is 196 g/mol. The lowest BCUT2D eigenvalue weighted by Crippen LogP contribution is -2.10. The van der Waals surface area contributed by atoms with Crippen molar-refractivity contribution >= 4 is 10.7 Å². The van der Waals surface area contributed by atoms with Crippen molar-refractivity contribution in [2.45, 2.75) is 32.1 Å². The summed E-state index contributed by atoms with van der Waals surface area (Å²) in [6.07, 6.45) is 0.784. The molecule has 0 aliphatic heterocycles. The van der Waals surface area contributed by atoms with Crippen molar-refractivity contribution in [2.24, 2.45) is 5.41 Å². The Hall–Kier alpha value is -0.830. The normalized spacial score (nSPS) is 12.0. The maximum atomic E-state index is 10.9. The van der Waals surface area contributed by atoms with E-state index in [-0.39, 0.29) is 5.41 Å². The Labute approximate surface area is 86.9 Å². The van der Waals surface area contributed by atoms with Gasteiger partial charge in [-0.1, -0.05) is 39.0 Å². The fourth-order valence-corrected chi connectivity index (χ4v) is 2.01. The summed E-state index contributed by atoms with van der Waals surface area (Å²) in [5.74, 6) is 0. The lowest BCUT2D eigenvalue weighted by molar-refractivity contribution is 0.408. The maximum absolute atomic E-state index is 10.9. The summed E-state index contributed by atoms with van der Waals surface area (Å²) in [7, 11) is -2.47. The van der Waals surface area contributed by atoms with Crippen molar-refractivity contribution in [3.05, 3.63) is 29.8 Å². The summed E-state index contributed by atoms with van der Waals surface area (Å²) in [6, 6.07) is 7.18. The largest absolute Gasteiger partial charge is 0.227 e. The molecule has 0 fully saturated rings. The third-order valence-corrected chi connectivity index (χ3v) is 2.74. The lowest BCUT2D eigenvalue weighted by atomic mass is 9.88. The molecule has 0 saturated carbocycles. The SMILES string of the molecule is CC(C)(C)Cc1ccccc1[SH](=O)=O. The van der Waals surface area contributed by atoms with Gasteiger partial charge in [-0.2, -0.15) is 0 Å². The van der Waals surface area contributed by atoms with Gasteiger partial charge in [-0.15, -0.1) is 0 Å². The molecule has 1 aromatic rings. The van der Waals surface area contributed by atoms with Gasteiger partial charge < -0.3 is 0 Å². The van der Waals surface area contributed by atoms with Crippen LogP contribution >= 0.6 is 0 Å². The molecule has 0 aromatic heterocycles. The Kier molecular flexibility index (Phi) is 3.32. The van der Waals surface area contributed by atoms with Gasteiger partial charge in [-0.25, -0.2) is 8.42 Å². The second kappa shape index (κ2) is 4.13. The van der Waals surface area contributed by atoms with E-state index >= 15 is 0 Å². The van der Waals surface area contributed by atoms with Gasteiger partial charge in [-0.05, 0) is 23.5 Å². The molecule has 3 heteroatoms. The van der Waals surface area contributed by atoms with Crippen LogP contribution in [-0.4, -0.2) is 8.42 Å². The van der Waals surface area contributed by atoms with E-state index in [1.165, 1.54) is 0 Å². The molecule has 1 aromatic carbocycles. The number of benzene rings is 1. The Morgan fingerprint density at radius 2 is 1.71 bits per heavy atom. The van der Waals surface area contributed by atoms with Crippen molar-refractivity contribution in [1.82, 2.24) is 0 Å². The van der Waals surface area contributed by atoms with Crippen molar-refractivity contribution in [3.63, 3.8) is 0 Å². The maximum Gasteiger partial charge on any atom is 0.168 e. The summed E-state index contributed by atoms with van der Waals surface area (Å²) >= 11 is 0. The standard InChI is InChI=1S/C11H16O2S/c1-11(2,3)8-9-6-4-5-7-10(9)14(12)13/h4-7,14H,8H2,1-3H3. The predicted molar refractivity (Wildman–Crippen MR) is 58.2 cm³/mol. The van der Waals surface area contributed by atoms with E-state index in [0.717, 1.165) is 12.0 Å². The molecule has 1 rings (SSSR count). The molecule has 0 atom stereocenters. The van der Waals surface area contributed by atoms with Crippen LogP contribution in [0.2, 0.25) is 0 Å². The second-order valence-electron chi connectivity index (χ2n) is 4.62. The van der Waals surface area contributed by atoms with Crippen LogP contribution < -0.4 is 0 Å². The molecule has 0 saturated heterocycles. The highest BCUT2D eigenvalue weighted by Crippen LogP contribution is 2.23. The average Bonchev–Trinajstić information content (AvgIpc) is 2.01. The number of hydrogen-bond donors (Lipinski definition) is 1. The van der Waals surface area contributed by atoms with Crippen LogP contribution in [0.25, 0.3) is 0 Å². The van der Waals surface area contributed by atoms with Gasteiger partial charge >= 0.3 is 0 Å². The molecule has 0 radical (unpaired) electrons. The molecule has 0 amide bonds. The monoisotopic (exact) mass is 212 g/mol. The molecule has 0 N–H and O–H groups in total. The minimum Gasteiger partial charge on any atom is -0.227 e. The minimum absolute atomic E-state index is 0.113. The smallest absolute Gasteiger partial charge is 0.168 e. The quantitative estimate of drug-likeness (QED) is 0.763. The van der Waals surface area contributed by atoms with Gasteiger partial charge in [0, 0.05) is 0 Å². The number of thiol groups is 1. The first kappa shape index (κ1) is 11.2. The summed E-state index contributed by atoms with van der Waals surface area (Å²) in [6.45, 7) is 6.30. The van der Waals surface area contributed by atoms with E-state index in [1.807, 2.05) is 12.1 Å². The van der Waals surface area contributed by atoms with Gasteiger partial charge in [0.25, 0.3) is 0 Å². The zero-order valence-corrected chi connectivity index (χ0v) is 9.67. The summed E-state index contributed by atoms with van der Waals surface area (Å²) in [5, 5.41) is 0. The summed E-state index contributed by atoms with van der Waals surface area (Å²) < 4.78 is 21.9. The highest BCUT2D eigenvalue weighted by Gasteiger charge is 2.14. The zero-order chi connectivity index (χ0) is 10.8. The molecule has 0 spiro atoms. The fourth-order valence-electron chi connectivity index (χ4n) is 1.41. The van der Waals surface area contributed by atoms with E-state index in [2.05, 4.69) is 20.8 Å². The first-order chi connectivity index (χ1) is 6.40. The topological polar surface area (TPSA) is 34.1 Å². The average molecular weight is 212 g/mol. The van der Waals surface area contributed by atoms with Crippen molar-refractivity contribution in [3.8, 4) is 0 Å². The van der Waals surface area contributed by atoms with Gasteiger partial charge in [0.05, 0.1) is 4.90 Å². The third kappa shape index (κ3) is 3.14. The van der Waals surface area contributed by atoms with Crippen molar-refractivity contribution in [2.75, 3.05) is 0 Å². The number of hydrogen-bond acceptors (Lipinski definition) is 2. The Balaban J connectivity index is 3.08. The van der Waals surface area contributed by atoms with Crippen molar-refractivity contribution in [1.29, 1.82) is 0 Å². The Morgan fingerprint density at radius 3 is 2.21 bits per heavy atom. The molecule has 0 aliphatic carbocycles. The molecule has 0 unspecified atom stereocenters. The second-order valence-corrected chi connectivity index (χ2v) is 5.62. The molecule has 0 heterocycles.